The second kappa shape index (κ2) is 7.28. The van der Waals surface area contributed by atoms with Crippen LogP contribution in [0.4, 0.5) is 11.4 Å². The van der Waals surface area contributed by atoms with Gasteiger partial charge in [-0.25, -0.2) is 4.79 Å². The molecule has 6 heteroatoms. The fourth-order valence-corrected chi connectivity index (χ4v) is 5.67. The van der Waals surface area contributed by atoms with Crippen molar-refractivity contribution < 1.29 is 24.4 Å². The molecule has 0 unspecified atom stereocenters. The number of para-hydroxylation sites is 1. The van der Waals surface area contributed by atoms with Crippen LogP contribution in [0.1, 0.15) is 49.2 Å². The third kappa shape index (κ3) is 3.05. The number of Topliss-reactive ketones (excluding diaryl/α,β-unsaturated/α-hetero) is 1. The highest BCUT2D eigenvalue weighted by molar-refractivity contribution is 6.24. The van der Waals surface area contributed by atoms with E-state index >= 15 is 0 Å². The summed E-state index contributed by atoms with van der Waals surface area (Å²) in [7, 11) is 3.87. The van der Waals surface area contributed by atoms with Crippen molar-refractivity contribution in [2.45, 2.75) is 38.5 Å². The number of allylic oxidation sites excluding steroid dienone is 5. The summed E-state index contributed by atoms with van der Waals surface area (Å²) in [6, 6.07) is 13.2. The van der Waals surface area contributed by atoms with Gasteiger partial charge in [-0.05, 0) is 43.7 Å². The Kier molecular flexibility index (Phi) is 4.75. The van der Waals surface area contributed by atoms with Crippen molar-refractivity contribution in [1.29, 1.82) is 0 Å². The second-order valence-corrected chi connectivity index (χ2v) is 10.5. The summed E-state index contributed by atoms with van der Waals surface area (Å²) in [5, 5.41) is 20.4. The fourth-order valence-electron chi connectivity index (χ4n) is 5.67. The zero-order chi connectivity index (χ0) is 25.4. The lowest BCUT2D eigenvalue weighted by atomic mass is 9.77. The largest absolute Gasteiger partial charge is 0.506 e. The molecular weight excluding hydrogens is 440 g/mol. The Morgan fingerprint density at radius 2 is 1.69 bits per heavy atom. The van der Waals surface area contributed by atoms with Crippen LogP contribution in [0, 0.1) is 0 Å². The van der Waals surface area contributed by atoms with Crippen molar-refractivity contribution in [2.24, 2.45) is 0 Å². The highest BCUT2D eigenvalue weighted by atomic mass is 16.4. The summed E-state index contributed by atoms with van der Waals surface area (Å²) < 4.78 is 2.07. The lowest BCUT2D eigenvalue weighted by molar-refractivity contribution is -0.401. The quantitative estimate of drug-likeness (QED) is 0.487. The van der Waals surface area contributed by atoms with E-state index < -0.39 is 11.4 Å². The molecule has 0 fully saturated rings. The number of rotatable bonds is 3. The summed E-state index contributed by atoms with van der Waals surface area (Å²) in [4.78, 5) is 26.7. The minimum Gasteiger partial charge on any atom is -0.506 e. The zero-order valence-electron chi connectivity index (χ0n) is 20.8. The fraction of sp³-hybridized carbons (Fsp3) is 0.276. The van der Waals surface area contributed by atoms with Gasteiger partial charge < -0.3 is 15.1 Å². The van der Waals surface area contributed by atoms with Crippen LogP contribution in [0.2, 0.25) is 0 Å². The molecule has 35 heavy (non-hydrogen) atoms. The number of hydrogen-bond donors (Lipinski definition) is 2. The van der Waals surface area contributed by atoms with E-state index in [1.165, 1.54) is 5.56 Å². The van der Waals surface area contributed by atoms with Gasteiger partial charge in [0.2, 0.25) is 11.5 Å². The Balaban J connectivity index is 1.54. The molecule has 0 spiro atoms. The molecule has 2 aromatic carbocycles. The SMILES string of the molecule is CN1C(=CC2=C(O)C(=CC3=[N+](C)c4ccccc4C3(C)C)C2=O)C(C)(C)c2cc(C(=O)O)ccc21. The highest BCUT2D eigenvalue weighted by Crippen LogP contribution is 2.48. The maximum absolute atomic E-state index is 13.2. The van der Waals surface area contributed by atoms with Gasteiger partial charge in [-0.15, -0.1) is 0 Å². The van der Waals surface area contributed by atoms with Gasteiger partial charge in [0.1, 0.15) is 12.8 Å². The van der Waals surface area contributed by atoms with Crippen molar-refractivity contribution in [3.05, 3.63) is 93.9 Å². The molecule has 2 aliphatic heterocycles. The van der Waals surface area contributed by atoms with Crippen LogP contribution in [-0.4, -0.2) is 46.3 Å². The molecular formula is C29H29N2O4+. The number of carbonyl (C=O) groups is 2. The molecule has 0 amide bonds. The number of carboxylic acid groups (broad SMARTS) is 1. The molecule has 1 aliphatic carbocycles. The van der Waals surface area contributed by atoms with Gasteiger partial charge in [-0.2, -0.15) is 4.58 Å². The van der Waals surface area contributed by atoms with Crippen LogP contribution in [0.25, 0.3) is 0 Å². The van der Waals surface area contributed by atoms with Gasteiger partial charge in [0.05, 0.1) is 22.1 Å². The van der Waals surface area contributed by atoms with Crippen molar-refractivity contribution in [1.82, 2.24) is 0 Å². The van der Waals surface area contributed by atoms with E-state index in [-0.39, 0.29) is 28.1 Å². The van der Waals surface area contributed by atoms with Crippen molar-refractivity contribution in [3.63, 3.8) is 0 Å². The van der Waals surface area contributed by atoms with E-state index in [2.05, 4.69) is 30.6 Å². The van der Waals surface area contributed by atoms with Crippen LogP contribution >= 0.6 is 0 Å². The maximum atomic E-state index is 13.2. The molecule has 2 aromatic rings. The predicted molar refractivity (Wildman–Crippen MR) is 136 cm³/mol. The lowest BCUT2D eigenvalue weighted by Gasteiger charge is -2.27. The maximum Gasteiger partial charge on any atom is 0.335 e. The standard InChI is InChI=1S/C29H28N2O4/c1-28(2)19-9-7-8-10-21(19)30(5)23(28)14-17-25(32)18(26(17)33)15-24-29(3,4)20-13-16(27(34)35)11-12-22(20)31(24)6/h7-15H,1-6H3,(H-,32,33,34,35)/p+1. The van der Waals surface area contributed by atoms with E-state index in [9.17, 15) is 19.8 Å². The van der Waals surface area contributed by atoms with Crippen molar-refractivity contribution in [2.75, 3.05) is 19.0 Å². The van der Waals surface area contributed by atoms with E-state index in [0.29, 0.717) is 5.57 Å². The molecule has 6 nitrogen and oxygen atoms in total. The molecule has 0 saturated carbocycles. The number of likely N-dealkylation sites (N-methyl/N-ethyl adjacent to an activating group) is 1. The molecule has 0 bridgehead atoms. The molecule has 0 aromatic heterocycles. The number of nitrogens with zero attached hydrogens (tertiary/aromatic N) is 2. The molecule has 3 aliphatic rings. The van der Waals surface area contributed by atoms with Crippen LogP contribution in [0.15, 0.2) is 77.2 Å². The van der Waals surface area contributed by atoms with Crippen LogP contribution in [-0.2, 0) is 15.6 Å². The first-order valence-corrected chi connectivity index (χ1v) is 11.6. The number of aromatic carboxylic acids is 1. The number of aliphatic hydroxyl groups is 1. The van der Waals surface area contributed by atoms with Crippen LogP contribution < -0.4 is 4.90 Å². The molecule has 2 heterocycles. The highest BCUT2D eigenvalue weighted by Gasteiger charge is 2.46. The number of benzene rings is 2. The van der Waals surface area contributed by atoms with Crippen LogP contribution in [0.3, 0.4) is 0 Å². The van der Waals surface area contributed by atoms with Gasteiger partial charge in [-0.1, -0.05) is 32.0 Å². The third-order valence-electron chi connectivity index (χ3n) is 7.78. The van der Waals surface area contributed by atoms with E-state index in [4.69, 9.17) is 0 Å². The van der Waals surface area contributed by atoms with Gasteiger partial charge in [-0.3, -0.25) is 4.79 Å². The first-order chi connectivity index (χ1) is 16.4. The first-order valence-electron chi connectivity index (χ1n) is 11.6. The summed E-state index contributed by atoms with van der Waals surface area (Å²) in [5.74, 6) is -1.19. The van der Waals surface area contributed by atoms with E-state index in [1.807, 2.05) is 45.0 Å². The number of aliphatic hydroxyl groups excluding tert-OH is 1. The molecule has 0 radical (unpaired) electrons. The Hall–Kier alpha value is -3.93. The summed E-state index contributed by atoms with van der Waals surface area (Å²) in [5.41, 5.74) is 5.77. The Morgan fingerprint density at radius 1 is 1.00 bits per heavy atom. The molecule has 5 rings (SSSR count). The minimum atomic E-state index is -0.979. The van der Waals surface area contributed by atoms with Crippen molar-refractivity contribution in [3.8, 4) is 0 Å². The summed E-state index contributed by atoms with van der Waals surface area (Å²) in [6.45, 7) is 8.22. The Labute approximate surface area is 204 Å². The van der Waals surface area contributed by atoms with E-state index in [1.54, 1.807) is 30.4 Å². The average Bonchev–Trinajstić information content (AvgIpc) is 3.13. The lowest BCUT2D eigenvalue weighted by Crippen LogP contribution is -2.31. The Bertz CT molecular complexity index is 1470. The molecule has 178 valence electrons. The summed E-state index contributed by atoms with van der Waals surface area (Å²) >= 11 is 0. The summed E-state index contributed by atoms with van der Waals surface area (Å²) in [6.07, 6.45) is 3.54. The molecule has 0 atom stereocenters. The van der Waals surface area contributed by atoms with E-state index in [0.717, 1.165) is 28.3 Å². The zero-order valence-corrected chi connectivity index (χ0v) is 20.8. The van der Waals surface area contributed by atoms with Gasteiger partial charge >= 0.3 is 5.97 Å². The smallest absolute Gasteiger partial charge is 0.335 e. The number of carbonyl (C=O) groups excluding carboxylic acids is 1. The molecule has 0 saturated heterocycles. The molecule has 2 N–H and O–H groups in total. The van der Waals surface area contributed by atoms with Crippen LogP contribution in [0.5, 0.6) is 0 Å². The Morgan fingerprint density at radius 3 is 2.31 bits per heavy atom. The third-order valence-corrected chi connectivity index (χ3v) is 7.78. The number of hydrogen-bond acceptors (Lipinski definition) is 4. The topological polar surface area (TPSA) is 80.8 Å². The minimum absolute atomic E-state index is 0.0125. The number of anilines is 1. The van der Waals surface area contributed by atoms with Gasteiger partial charge in [0, 0.05) is 41.6 Å². The monoisotopic (exact) mass is 469 g/mol. The second-order valence-electron chi connectivity index (χ2n) is 10.5. The van der Waals surface area contributed by atoms with Gasteiger partial charge in [0.15, 0.2) is 5.71 Å². The van der Waals surface area contributed by atoms with Crippen molar-refractivity contribution >= 4 is 28.8 Å². The normalized spacial score (nSPS) is 22.1. The number of ketones is 1. The average molecular weight is 470 g/mol. The predicted octanol–water partition coefficient (Wildman–Crippen LogP) is 5.02. The van der Waals surface area contributed by atoms with Gasteiger partial charge in [0.25, 0.3) is 0 Å². The first kappa shape index (κ1) is 22.8. The number of carboxylic acids is 1. The number of fused-ring (bicyclic) bond motifs is 2.